The molecule has 7 nitrogen and oxygen atoms in total. The first-order valence-electron chi connectivity index (χ1n) is 7.54. The lowest BCUT2D eigenvalue weighted by molar-refractivity contribution is 0.196. The van der Waals surface area contributed by atoms with Gasteiger partial charge in [0, 0.05) is 20.6 Å². The Morgan fingerprint density at radius 2 is 1.78 bits per heavy atom. The SMILES string of the molecule is CC(c1nc(N)nc(N(C)C)n1)N(C)CCOc1ccccc1. The van der Waals surface area contributed by atoms with Crippen LogP contribution in [0.4, 0.5) is 11.9 Å². The molecular weight excluding hydrogens is 292 g/mol. The van der Waals surface area contributed by atoms with E-state index in [9.17, 15) is 0 Å². The van der Waals surface area contributed by atoms with E-state index in [4.69, 9.17) is 10.5 Å². The van der Waals surface area contributed by atoms with Gasteiger partial charge in [0.2, 0.25) is 11.9 Å². The number of hydrogen-bond acceptors (Lipinski definition) is 7. The predicted molar refractivity (Wildman–Crippen MR) is 91.5 cm³/mol. The molecule has 0 fully saturated rings. The van der Waals surface area contributed by atoms with Gasteiger partial charge in [0.1, 0.15) is 12.4 Å². The van der Waals surface area contributed by atoms with Gasteiger partial charge in [-0.2, -0.15) is 15.0 Å². The van der Waals surface area contributed by atoms with E-state index >= 15 is 0 Å². The lowest BCUT2D eigenvalue weighted by Gasteiger charge is -2.24. The molecule has 1 unspecified atom stereocenters. The van der Waals surface area contributed by atoms with Crippen LogP contribution in [-0.4, -0.2) is 54.1 Å². The van der Waals surface area contributed by atoms with Crippen molar-refractivity contribution in [3.05, 3.63) is 36.2 Å². The van der Waals surface area contributed by atoms with Crippen LogP contribution in [0.3, 0.4) is 0 Å². The van der Waals surface area contributed by atoms with Crippen LogP contribution in [0, 0.1) is 0 Å². The summed E-state index contributed by atoms with van der Waals surface area (Å²) >= 11 is 0. The van der Waals surface area contributed by atoms with E-state index in [2.05, 4.69) is 19.9 Å². The molecule has 1 aromatic heterocycles. The van der Waals surface area contributed by atoms with Gasteiger partial charge in [-0.05, 0) is 26.1 Å². The molecule has 1 atom stereocenters. The molecule has 1 heterocycles. The zero-order valence-electron chi connectivity index (χ0n) is 14.1. The smallest absolute Gasteiger partial charge is 0.229 e. The molecule has 2 rings (SSSR count). The fourth-order valence-electron chi connectivity index (χ4n) is 2.00. The number of nitrogens with zero attached hydrogens (tertiary/aromatic N) is 5. The van der Waals surface area contributed by atoms with Crippen molar-refractivity contribution in [1.82, 2.24) is 19.9 Å². The van der Waals surface area contributed by atoms with E-state index in [1.165, 1.54) is 0 Å². The fourth-order valence-corrected chi connectivity index (χ4v) is 2.00. The molecule has 0 saturated carbocycles. The third-order valence-electron chi connectivity index (χ3n) is 3.55. The van der Waals surface area contributed by atoms with Gasteiger partial charge >= 0.3 is 0 Å². The van der Waals surface area contributed by atoms with Crippen LogP contribution in [0.5, 0.6) is 5.75 Å². The highest BCUT2D eigenvalue weighted by Crippen LogP contribution is 2.17. The van der Waals surface area contributed by atoms with Crippen molar-refractivity contribution in [2.45, 2.75) is 13.0 Å². The molecule has 2 N–H and O–H groups in total. The maximum absolute atomic E-state index is 5.78. The lowest BCUT2D eigenvalue weighted by atomic mass is 10.3. The molecule has 0 bridgehead atoms. The molecule has 0 amide bonds. The Balaban J connectivity index is 1.95. The summed E-state index contributed by atoms with van der Waals surface area (Å²) in [6, 6.07) is 9.78. The average molecular weight is 316 g/mol. The molecule has 0 saturated heterocycles. The molecule has 0 radical (unpaired) electrons. The van der Waals surface area contributed by atoms with Crippen molar-refractivity contribution in [1.29, 1.82) is 0 Å². The monoisotopic (exact) mass is 316 g/mol. The van der Waals surface area contributed by atoms with Crippen molar-refractivity contribution in [2.75, 3.05) is 44.9 Å². The van der Waals surface area contributed by atoms with Gasteiger partial charge in [0.25, 0.3) is 0 Å². The van der Waals surface area contributed by atoms with Crippen molar-refractivity contribution >= 4 is 11.9 Å². The first-order chi connectivity index (χ1) is 11.0. The van der Waals surface area contributed by atoms with Gasteiger partial charge in [-0.15, -0.1) is 0 Å². The number of para-hydroxylation sites is 1. The van der Waals surface area contributed by atoms with Gasteiger partial charge in [0.05, 0.1) is 6.04 Å². The number of nitrogen functional groups attached to an aromatic ring is 1. The summed E-state index contributed by atoms with van der Waals surface area (Å²) in [5, 5.41) is 0. The summed E-state index contributed by atoms with van der Waals surface area (Å²) < 4.78 is 5.72. The number of nitrogens with two attached hydrogens (primary N) is 1. The largest absolute Gasteiger partial charge is 0.492 e. The molecule has 124 valence electrons. The molecule has 2 aromatic rings. The topological polar surface area (TPSA) is 80.4 Å². The van der Waals surface area contributed by atoms with Gasteiger partial charge in [-0.25, -0.2) is 0 Å². The molecular formula is C16H24N6O. The molecule has 23 heavy (non-hydrogen) atoms. The minimum absolute atomic E-state index is 0.0124. The van der Waals surface area contributed by atoms with Gasteiger partial charge < -0.3 is 15.4 Å². The van der Waals surface area contributed by atoms with E-state index in [1.54, 1.807) is 0 Å². The Bertz CT molecular complexity index is 619. The Morgan fingerprint density at radius 1 is 1.09 bits per heavy atom. The van der Waals surface area contributed by atoms with E-state index < -0.39 is 0 Å². The van der Waals surface area contributed by atoms with E-state index in [0.717, 1.165) is 12.3 Å². The van der Waals surface area contributed by atoms with Crippen LogP contribution in [-0.2, 0) is 0 Å². The number of aromatic nitrogens is 3. The van der Waals surface area contributed by atoms with Crippen molar-refractivity contribution in [3.63, 3.8) is 0 Å². The maximum atomic E-state index is 5.78. The second-order valence-corrected chi connectivity index (χ2v) is 5.56. The fraction of sp³-hybridized carbons (Fsp3) is 0.438. The van der Waals surface area contributed by atoms with Gasteiger partial charge in [0.15, 0.2) is 5.82 Å². The van der Waals surface area contributed by atoms with Gasteiger partial charge in [-0.3, -0.25) is 4.90 Å². The Kier molecular flexibility index (Phi) is 5.70. The number of anilines is 2. The minimum Gasteiger partial charge on any atom is -0.492 e. The van der Waals surface area contributed by atoms with Gasteiger partial charge in [-0.1, -0.05) is 18.2 Å². The number of likely N-dealkylation sites (N-methyl/N-ethyl adjacent to an activating group) is 1. The number of rotatable bonds is 7. The van der Waals surface area contributed by atoms with Crippen molar-refractivity contribution in [3.8, 4) is 5.75 Å². The van der Waals surface area contributed by atoms with Crippen molar-refractivity contribution in [2.24, 2.45) is 0 Å². The Labute approximate surface area is 137 Å². The summed E-state index contributed by atoms with van der Waals surface area (Å²) in [6.07, 6.45) is 0. The standard InChI is InChI=1S/C16H24N6O/c1-12(14-18-15(17)20-16(19-14)21(2)3)22(4)10-11-23-13-8-6-5-7-9-13/h5-9,12H,10-11H2,1-4H3,(H2,17,18,19,20). The summed E-state index contributed by atoms with van der Waals surface area (Å²) in [5.74, 6) is 2.32. The van der Waals surface area contributed by atoms with E-state index in [0.29, 0.717) is 18.4 Å². The first kappa shape index (κ1) is 17.0. The quantitative estimate of drug-likeness (QED) is 0.830. The third-order valence-corrected chi connectivity index (χ3v) is 3.55. The predicted octanol–water partition coefficient (Wildman–Crippen LogP) is 1.59. The molecule has 7 heteroatoms. The molecule has 1 aromatic carbocycles. The van der Waals surface area contributed by atoms with Crippen LogP contribution in [0.25, 0.3) is 0 Å². The summed E-state index contributed by atoms with van der Waals surface area (Å²) in [4.78, 5) is 16.8. The summed E-state index contributed by atoms with van der Waals surface area (Å²) in [5.41, 5.74) is 5.78. The lowest BCUT2D eigenvalue weighted by Crippen LogP contribution is -2.29. The summed E-state index contributed by atoms with van der Waals surface area (Å²) in [6.45, 7) is 3.38. The average Bonchev–Trinajstić information content (AvgIpc) is 2.54. The zero-order chi connectivity index (χ0) is 16.8. The van der Waals surface area contributed by atoms with Crippen LogP contribution in [0.2, 0.25) is 0 Å². The van der Waals surface area contributed by atoms with E-state index in [1.807, 2.05) is 63.3 Å². The normalized spacial score (nSPS) is 12.2. The number of benzene rings is 1. The minimum atomic E-state index is 0.0124. The maximum Gasteiger partial charge on any atom is 0.229 e. The van der Waals surface area contributed by atoms with Crippen LogP contribution < -0.4 is 15.4 Å². The second-order valence-electron chi connectivity index (χ2n) is 5.56. The summed E-state index contributed by atoms with van der Waals surface area (Å²) in [7, 11) is 5.76. The Hall–Kier alpha value is -2.41. The number of ether oxygens (including phenoxy) is 1. The van der Waals surface area contributed by atoms with Crippen LogP contribution in [0.15, 0.2) is 30.3 Å². The highest BCUT2D eigenvalue weighted by Gasteiger charge is 2.17. The second kappa shape index (κ2) is 7.73. The first-order valence-corrected chi connectivity index (χ1v) is 7.54. The zero-order valence-corrected chi connectivity index (χ0v) is 14.1. The van der Waals surface area contributed by atoms with Crippen LogP contribution >= 0.6 is 0 Å². The number of hydrogen-bond donors (Lipinski definition) is 1. The van der Waals surface area contributed by atoms with Crippen molar-refractivity contribution < 1.29 is 4.74 Å². The third kappa shape index (κ3) is 4.79. The Morgan fingerprint density at radius 3 is 2.43 bits per heavy atom. The van der Waals surface area contributed by atoms with E-state index in [-0.39, 0.29) is 12.0 Å². The van der Waals surface area contributed by atoms with Crippen LogP contribution in [0.1, 0.15) is 18.8 Å². The molecule has 0 aliphatic rings. The molecule has 0 aliphatic carbocycles. The molecule has 0 spiro atoms. The molecule has 0 aliphatic heterocycles. The highest BCUT2D eigenvalue weighted by atomic mass is 16.5. The highest BCUT2D eigenvalue weighted by molar-refractivity contribution is 5.33.